The summed E-state index contributed by atoms with van der Waals surface area (Å²) in [5, 5.41) is 9.73. The van der Waals surface area contributed by atoms with Crippen LogP contribution in [0.2, 0.25) is 5.02 Å². The van der Waals surface area contributed by atoms with Crippen molar-refractivity contribution in [2.75, 3.05) is 39.4 Å². The number of hydrogen-bond donors (Lipinski definition) is 0. The number of nitriles is 1. The molecule has 1 unspecified atom stereocenters. The molecule has 1 heterocycles. The van der Waals surface area contributed by atoms with Crippen LogP contribution < -0.4 is 4.74 Å². The van der Waals surface area contributed by atoms with Crippen molar-refractivity contribution in [3.8, 4) is 11.8 Å². The molecule has 1 amide bonds. The van der Waals surface area contributed by atoms with Gasteiger partial charge in [-0.15, -0.1) is 0 Å². The number of hydrogen-bond acceptors (Lipinski definition) is 6. The van der Waals surface area contributed by atoms with Gasteiger partial charge >= 0.3 is 5.97 Å². The van der Waals surface area contributed by atoms with Crippen molar-refractivity contribution in [3.05, 3.63) is 64.7 Å². The topological polar surface area (TPSA) is 82.9 Å². The zero-order chi connectivity index (χ0) is 22.2. The van der Waals surface area contributed by atoms with Crippen LogP contribution in [0.15, 0.2) is 48.5 Å². The molecule has 1 aliphatic heterocycles. The number of benzene rings is 2. The van der Waals surface area contributed by atoms with E-state index in [1.165, 1.54) is 0 Å². The molecule has 162 valence electrons. The molecule has 2 aromatic rings. The third-order valence-electron chi connectivity index (χ3n) is 5.09. The van der Waals surface area contributed by atoms with Crippen LogP contribution in [-0.4, -0.2) is 61.1 Å². The van der Waals surface area contributed by atoms with Crippen LogP contribution in [0.4, 0.5) is 0 Å². The predicted octanol–water partition coefficient (Wildman–Crippen LogP) is 3.04. The summed E-state index contributed by atoms with van der Waals surface area (Å²) < 4.78 is 10.8. The number of carbonyl (C=O) groups excluding carboxylic acids is 2. The molecule has 1 aliphatic rings. The number of esters is 1. The van der Waals surface area contributed by atoms with Crippen LogP contribution in [0.1, 0.15) is 24.1 Å². The molecule has 31 heavy (non-hydrogen) atoms. The van der Waals surface area contributed by atoms with Gasteiger partial charge in [-0.2, -0.15) is 5.26 Å². The van der Waals surface area contributed by atoms with Gasteiger partial charge < -0.3 is 14.4 Å². The molecule has 2 aromatic carbocycles. The van der Waals surface area contributed by atoms with Crippen molar-refractivity contribution < 1.29 is 19.1 Å². The molecular formula is C23H24ClN3O4. The quantitative estimate of drug-likeness (QED) is 0.614. The molecule has 0 aromatic heterocycles. The molecule has 0 aliphatic carbocycles. The monoisotopic (exact) mass is 441 g/mol. The van der Waals surface area contributed by atoms with E-state index in [1.807, 2.05) is 23.1 Å². The Bertz CT molecular complexity index is 950. The Hall–Kier alpha value is -3.08. The molecule has 0 spiro atoms. The van der Waals surface area contributed by atoms with E-state index in [0.29, 0.717) is 49.1 Å². The van der Waals surface area contributed by atoms with E-state index < -0.39 is 6.04 Å². The van der Waals surface area contributed by atoms with Crippen molar-refractivity contribution in [3.63, 3.8) is 0 Å². The second kappa shape index (κ2) is 10.8. The van der Waals surface area contributed by atoms with E-state index in [-0.39, 0.29) is 18.5 Å². The minimum absolute atomic E-state index is 0.142. The van der Waals surface area contributed by atoms with Gasteiger partial charge in [-0.3, -0.25) is 9.69 Å². The summed E-state index contributed by atoms with van der Waals surface area (Å²) in [6.07, 6.45) is 0. The fraction of sp³-hybridized carbons (Fsp3) is 0.348. The molecule has 0 saturated carbocycles. The number of piperazine rings is 1. The first-order valence-corrected chi connectivity index (χ1v) is 10.5. The van der Waals surface area contributed by atoms with E-state index in [2.05, 4.69) is 0 Å². The lowest BCUT2D eigenvalue weighted by Crippen LogP contribution is -2.52. The number of carbonyl (C=O) groups is 2. The van der Waals surface area contributed by atoms with Gasteiger partial charge in [0, 0.05) is 31.2 Å². The summed E-state index contributed by atoms with van der Waals surface area (Å²) in [4.78, 5) is 28.9. The molecule has 1 atom stereocenters. The maximum absolute atomic E-state index is 12.6. The zero-order valence-electron chi connectivity index (χ0n) is 17.3. The Kier molecular flexibility index (Phi) is 7.88. The van der Waals surface area contributed by atoms with Crippen molar-refractivity contribution in [2.24, 2.45) is 0 Å². The van der Waals surface area contributed by atoms with Crippen molar-refractivity contribution >= 4 is 23.5 Å². The molecular weight excluding hydrogens is 418 g/mol. The van der Waals surface area contributed by atoms with Crippen molar-refractivity contribution in [1.29, 1.82) is 5.26 Å². The third-order valence-corrected chi connectivity index (χ3v) is 5.34. The van der Waals surface area contributed by atoms with Crippen LogP contribution in [-0.2, 0) is 14.3 Å². The molecule has 1 fully saturated rings. The summed E-state index contributed by atoms with van der Waals surface area (Å²) in [7, 11) is 0. The Morgan fingerprint density at radius 1 is 1.10 bits per heavy atom. The molecule has 0 radical (unpaired) electrons. The average Bonchev–Trinajstić information content (AvgIpc) is 2.79. The van der Waals surface area contributed by atoms with Gasteiger partial charge in [0.05, 0.1) is 12.2 Å². The molecule has 1 saturated heterocycles. The van der Waals surface area contributed by atoms with E-state index in [1.54, 1.807) is 48.2 Å². The van der Waals surface area contributed by atoms with Crippen LogP contribution in [0.3, 0.4) is 0 Å². The van der Waals surface area contributed by atoms with Crippen LogP contribution in [0, 0.1) is 11.3 Å². The predicted molar refractivity (Wildman–Crippen MR) is 116 cm³/mol. The van der Waals surface area contributed by atoms with Gasteiger partial charge in [-0.05, 0) is 36.8 Å². The van der Waals surface area contributed by atoms with Crippen LogP contribution in [0.5, 0.6) is 5.75 Å². The summed E-state index contributed by atoms with van der Waals surface area (Å²) >= 11 is 5.99. The number of para-hydroxylation sites is 1. The second-order valence-electron chi connectivity index (χ2n) is 7.02. The van der Waals surface area contributed by atoms with Gasteiger partial charge in [-0.1, -0.05) is 35.9 Å². The van der Waals surface area contributed by atoms with Crippen molar-refractivity contribution in [1.82, 2.24) is 9.80 Å². The summed E-state index contributed by atoms with van der Waals surface area (Å²) in [6.45, 7) is 3.90. The molecule has 3 rings (SSSR count). The summed E-state index contributed by atoms with van der Waals surface area (Å²) in [5.41, 5.74) is 1.19. The SMILES string of the molecule is CCOC(=O)C(c1ccc(Cl)cc1)N1CCN(C(=O)COc2ccccc2C#N)CC1. The number of rotatable bonds is 7. The molecule has 0 bridgehead atoms. The Labute approximate surface area is 186 Å². The van der Waals surface area contributed by atoms with Gasteiger partial charge in [-0.25, -0.2) is 4.79 Å². The minimum atomic E-state index is -0.548. The lowest BCUT2D eigenvalue weighted by Gasteiger charge is -2.38. The smallest absolute Gasteiger partial charge is 0.328 e. The van der Waals surface area contributed by atoms with Crippen LogP contribution in [0.25, 0.3) is 0 Å². The summed E-state index contributed by atoms with van der Waals surface area (Å²) in [6, 6.07) is 15.5. The second-order valence-corrected chi connectivity index (χ2v) is 7.46. The average molecular weight is 442 g/mol. The van der Waals surface area contributed by atoms with E-state index in [0.717, 1.165) is 5.56 Å². The molecule has 7 nitrogen and oxygen atoms in total. The number of nitrogens with zero attached hydrogens (tertiary/aromatic N) is 3. The normalized spacial score (nSPS) is 15.1. The third kappa shape index (κ3) is 5.75. The Morgan fingerprint density at radius 2 is 1.77 bits per heavy atom. The van der Waals surface area contributed by atoms with E-state index in [4.69, 9.17) is 26.3 Å². The van der Waals surface area contributed by atoms with Gasteiger partial charge in [0.2, 0.25) is 0 Å². The van der Waals surface area contributed by atoms with Gasteiger partial charge in [0.15, 0.2) is 6.61 Å². The maximum Gasteiger partial charge on any atom is 0.328 e. The highest BCUT2D eigenvalue weighted by Gasteiger charge is 2.32. The van der Waals surface area contributed by atoms with Crippen LogP contribution >= 0.6 is 11.6 Å². The van der Waals surface area contributed by atoms with E-state index >= 15 is 0 Å². The minimum Gasteiger partial charge on any atom is -0.482 e. The van der Waals surface area contributed by atoms with E-state index in [9.17, 15) is 9.59 Å². The maximum atomic E-state index is 12.6. The van der Waals surface area contributed by atoms with Gasteiger partial charge in [0.1, 0.15) is 17.9 Å². The first kappa shape index (κ1) is 22.6. The first-order valence-electron chi connectivity index (χ1n) is 10.1. The largest absolute Gasteiger partial charge is 0.482 e. The first-order chi connectivity index (χ1) is 15.0. The Balaban J connectivity index is 1.61. The highest BCUT2D eigenvalue weighted by atomic mass is 35.5. The molecule has 8 heteroatoms. The Morgan fingerprint density at radius 3 is 2.42 bits per heavy atom. The van der Waals surface area contributed by atoms with Crippen molar-refractivity contribution in [2.45, 2.75) is 13.0 Å². The highest BCUT2D eigenvalue weighted by Crippen LogP contribution is 2.25. The zero-order valence-corrected chi connectivity index (χ0v) is 18.0. The molecule has 0 N–H and O–H groups in total. The number of amides is 1. The number of halogens is 1. The lowest BCUT2D eigenvalue weighted by molar-refractivity contribution is -0.151. The summed E-state index contributed by atoms with van der Waals surface area (Å²) in [5.74, 6) is -0.0882. The lowest BCUT2D eigenvalue weighted by atomic mass is 10.0. The fourth-order valence-corrected chi connectivity index (χ4v) is 3.63. The highest BCUT2D eigenvalue weighted by molar-refractivity contribution is 6.30. The standard InChI is InChI=1S/C23H24ClN3O4/c1-2-30-23(29)22(17-7-9-19(24)10-8-17)27-13-11-26(12-14-27)21(28)16-31-20-6-4-3-5-18(20)15-25/h3-10,22H,2,11-14,16H2,1H3. The van der Waals surface area contributed by atoms with Gasteiger partial charge in [0.25, 0.3) is 5.91 Å². The number of ether oxygens (including phenoxy) is 2. The fourth-order valence-electron chi connectivity index (χ4n) is 3.51.